The van der Waals surface area contributed by atoms with E-state index < -0.39 is 13.2 Å². The van der Waals surface area contributed by atoms with Crippen molar-refractivity contribution < 1.29 is 14.6 Å². The summed E-state index contributed by atoms with van der Waals surface area (Å²) < 4.78 is 5.45. The average molecular weight is 303 g/mol. The lowest BCUT2D eigenvalue weighted by Crippen LogP contribution is -2.51. The number of aromatic nitrogens is 1. The predicted molar refractivity (Wildman–Crippen MR) is 73.7 cm³/mol. The number of Topliss-reactive ketones (excluding diaryl/α,β-unsaturated/α-hetero) is 1. The molecule has 0 amide bonds. The molecule has 0 unspecified atom stereocenters. The van der Waals surface area contributed by atoms with Gasteiger partial charge in [0.05, 0.1) is 6.61 Å². The van der Waals surface area contributed by atoms with E-state index in [-0.39, 0.29) is 16.1 Å². The van der Waals surface area contributed by atoms with Crippen molar-refractivity contribution in [2.45, 2.75) is 12.9 Å². The molecule has 102 valence electrons. The van der Waals surface area contributed by atoms with E-state index in [1.165, 1.54) is 12.1 Å². The van der Waals surface area contributed by atoms with Gasteiger partial charge in [-0.15, -0.1) is 0 Å². The van der Waals surface area contributed by atoms with Crippen LogP contribution in [-0.2, 0) is 4.74 Å². The molecule has 19 heavy (non-hydrogen) atoms. The van der Waals surface area contributed by atoms with Gasteiger partial charge in [0.25, 0.3) is 0 Å². The van der Waals surface area contributed by atoms with Crippen LogP contribution >= 0.6 is 23.2 Å². The maximum Gasteiger partial charge on any atom is 0.376 e. The van der Waals surface area contributed by atoms with Crippen molar-refractivity contribution in [3.05, 3.63) is 28.0 Å². The second kappa shape index (κ2) is 6.20. The van der Waals surface area contributed by atoms with Crippen molar-refractivity contribution >= 4 is 36.0 Å². The molecule has 1 aliphatic heterocycles. The van der Waals surface area contributed by atoms with Crippen molar-refractivity contribution in [1.29, 1.82) is 0 Å². The maximum absolute atomic E-state index is 12.3. The molecular formula is C11H13BCl2N2O3. The molecule has 2 rings (SSSR count). The molecular weight excluding hydrogens is 290 g/mol. The minimum absolute atomic E-state index is 0.166. The Hall–Kier alpha value is -0.655. The lowest BCUT2D eigenvalue weighted by Gasteiger charge is -2.32. The number of carbonyl (C=O) groups is 1. The second-order valence-corrected chi connectivity index (χ2v) is 5.13. The Balaban J connectivity index is 2.14. The molecule has 1 aliphatic rings. The van der Waals surface area contributed by atoms with Crippen molar-refractivity contribution in [2.24, 2.45) is 0 Å². The first-order chi connectivity index (χ1) is 8.97. The largest absolute Gasteiger partial charge is 0.437 e. The van der Waals surface area contributed by atoms with Gasteiger partial charge in [0.2, 0.25) is 0 Å². The summed E-state index contributed by atoms with van der Waals surface area (Å²) in [7, 11) is -0.608. The van der Waals surface area contributed by atoms with E-state index in [9.17, 15) is 9.82 Å². The average Bonchev–Trinajstić information content (AvgIpc) is 2.37. The fourth-order valence-corrected chi connectivity index (χ4v) is 2.42. The third-order valence-corrected chi connectivity index (χ3v) is 3.35. The summed E-state index contributed by atoms with van der Waals surface area (Å²) in [5, 5.41) is 9.87. The summed E-state index contributed by atoms with van der Waals surface area (Å²) in [6, 6.07) is 2.92. The quantitative estimate of drug-likeness (QED) is 0.519. The number of ketones is 1. The van der Waals surface area contributed by atoms with E-state index in [0.717, 1.165) is 0 Å². The van der Waals surface area contributed by atoms with E-state index in [2.05, 4.69) is 4.98 Å². The fourth-order valence-electron chi connectivity index (χ4n) is 1.96. The highest BCUT2D eigenvalue weighted by molar-refractivity contribution is 6.45. The van der Waals surface area contributed by atoms with Gasteiger partial charge in [0.1, 0.15) is 16.4 Å². The number of pyridine rings is 1. The van der Waals surface area contributed by atoms with Crippen molar-refractivity contribution in [3.8, 4) is 0 Å². The van der Waals surface area contributed by atoms with Crippen LogP contribution in [0.25, 0.3) is 0 Å². The van der Waals surface area contributed by atoms with Gasteiger partial charge in [0, 0.05) is 18.7 Å². The Morgan fingerprint density at radius 1 is 1.53 bits per heavy atom. The number of rotatable bonds is 3. The van der Waals surface area contributed by atoms with Crippen LogP contribution in [0.5, 0.6) is 0 Å². The predicted octanol–water partition coefficient (Wildman–Crippen LogP) is 1.38. The summed E-state index contributed by atoms with van der Waals surface area (Å²) in [4.78, 5) is 17.9. The van der Waals surface area contributed by atoms with Gasteiger partial charge < -0.3 is 14.6 Å². The summed E-state index contributed by atoms with van der Waals surface area (Å²) >= 11 is 11.5. The maximum atomic E-state index is 12.3. The minimum atomic E-state index is -0.627. The highest BCUT2D eigenvalue weighted by Gasteiger charge is 2.30. The summed E-state index contributed by atoms with van der Waals surface area (Å²) in [5.74, 6) is -0.212. The number of hydrogen-bond donors (Lipinski definition) is 1. The number of ether oxygens (including phenoxy) is 1. The molecule has 0 saturated carbocycles. The van der Waals surface area contributed by atoms with Gasteiger partial charge in [-0.05, 0) is 19.0 Å². The van der Waals surface area contributed by atoms with E-state index in [0.29, 0.717) is 25.3 Å². The van der Waals surface area contributed by atoms with E-state index >= 15 is 0 Å². The van der Waals surface area contributed by atoms with Gasteiger partial charge in [-0.25, -0.2) is 4.98 Å². The van der Waals surface area contributed by atoms with Crippen LogP contribution in [0.15, 0.2) is 12.1 Å². The monoisotopic (exact) mass is 302 g/mol. The zero-order valence-corrected chi connectivity index (χ0v) is 11.9. The summed E-state index contributed by atoms with van der Waals surface area (Å²) in [5.41, 5.74) is 0.363. The lowest BCUT2D eigenvalue weighted by atomic mass is 9.83. The van der Waals surface area contributed by atoms with E-state index in [4.69, 9.17) is 27.9 Å². The molecule has 0 aliphatic carbocycles. The van der Waals surface area contributed by atoms with Crippen LogP contribution in [0.2, 0.25) is 17.1 Å². The molecule has 1 fully saturated rings. The molecule has 1 N–H and O–H groups in total. The Morgan fingerprint density at radius 2 is 2.16 bits per heavy atom. The highest BCUT2D eigenvalue weighted by atomic mass is 35.5. The van der Waals surface area contributed by atoms with Crippen molar-refractivity contribution in [2.75, 3.05) is 19.7 Å². The zero-order chi connectivity index (χ0) is 14.0. The van der Waals surface area contributed by atoms with Gasteiger partial charge >= 0.3 is 7.05 Å². The molecule has 1 aromatic rings. The highest BCUT2D eigenvalue weighted by Crippen LogP contribution is 2.18. The number of hydrogen-bond acceptors (Lipinski definition) is 5. The lowest BCUT2D eigenvalue weighted by molar-refractivity contribution is 0.00177. The molecule has 1 atom stereocenters. The van der Waals surface area contributed by atoms with Crippen LogP contribution in [0.1, 0.15) is 10.4 Å². The van der Waals surface area contributed by atoms with Crippen LogP contribution in [-0.4, -0.2) is 53.5 Å². The number of morpholine rings is 1. The first-order valence-electron chi connectivity index (χ1n) is 5.88. The van der Waals surface area contributed by atoms with Crippen LogP contribution < -0.4 is 0 Å². The molecule has 0 radical (unpaired) electrons. The molecule has 1 saturated heterocycles. The number of halogens is 2. The third kappa shape index (κ3) is 3.67. The first-order valence-corrected chi connectivity index (χ1v) is 6.64. The van der Waals surface area contributed by atoms with E-state index in [1.807, 2.05) is 0 Å². The van der Waals surface area contributed by atoms with Crippen LogP contribution in [0.4, 0.5) is 0 Å². The second-order valence-electron chi connectivity index (χ2n) is 4.35. The smallest absolute Gasteiger partial charge is 0.376 e. The van der Waals surface area contributed by atoms with Gasteiger partial charge in [0.15, 0.2) is 5.78 Å². The molecule has 8 heteroatoms. The summed E-state index contributed by atoms with van der Waals surface area (Å²) in [6.07, 6.45) is -0.627. The van der Waals surface area contributed by atoms with Gasteiger partial charge in [-0.3, -0.25) is 4.79 Å². The topological polar surface area (TPSA) is 62.7 Å². The minimum Gasteiger partial charge on any atom is -0.437 e. The molecule has 0 bridgehead atoms. The Bertz CT molecular complexity index is 467. The molecule has 0 aromatic carbocycles. The van der Waals surface area contributed by atoms with E-state index in [1.54, 1.807) is 11.6 Å². The number of nitrogens with zero attached hydrogens (tertiary/aromatic N) is 2. The Morgan fingerprint density at radius 3 is 2.74 bits per heavy atom. The molecule has 0 spiro atoms. The summed E-state index contributed by atoms with van der Waals surface area (Å²) in [6.45, 7) is 2.99. The van der Waals surface area contributed by atoms with Crippen molar-refractivity contribution in [1.82, 2.24) is 9.79 Å². The van der Waals surface area contributed by atoms with Crippen LogP contribution in [0.3, 0.4) is 0 Å². The Labute approximate surface area is 121 Å². The standard InChI is InChI=1S/C11H13BCl2N2O3/c1-12(18)16-2-3-19-8(6-16)11(17)7-4-9(13)15-10(14)5-7/h4-5,8,18H,2-3,6H2,1H3/t8-/m1/s1. The SMILES string of the molecule is CB(O)N1CCO[C@@H](C(=O)c2cc(Cl)nc(Cl)c2)C1. The van der Waals surface area contributed by atoms with Gasteiger partial charge in [-0.2, -0.15) is 0 Å². The molecule has 1 aromatic heterocycles. The molecule has 2 heterocycles. The first kappa shape index (κ1) is 14.7. The van der Waals surface area contributed by atoms with Gasteiger partial charge in [-0.1, -0.05) is 23.2 Å². The molecule has 5 nitrogen and oxygen atoms in total. The van der Waals surface area contributed by atoms with Crippen LogP contribution in [0, 0.1) is 0 Å². The Kier molecular flexibility index (Phi) is 4.81. The fraction of sp³-hybridized carbons (Fsp3) is 0.455. The number of carbonyl (C=O) groups excluding carboxylic acids is 1. The third-order valence-electron chi connectivity index (χ3n) is 2.97. The zero-order valence-electron chi connectivity index (χ0n) is 10.3. The normalized spacial score (nSPS) is 20.3. The van der Waals surface area contributed by atoms with Crippen molar-refractivity contribution in [3.63, 3.8) is 0 Å².